The highest BCUT2D eigenvalue weighted by atomic mass is 35.6. The quantitative estimate of drug-likeness (QED) is 0.170. The monoisotopic (exact) mass is 565 g/mol. The van der Waals surface area contributed by atoms with Crippen LogP contribution in [0.25, 0.3) is 0 Å². The molecular formula is C25H34Cl3NO7. The molecule has 0 saturated carbocycles. The Labute approximate surface area is 227 Å². The predicted octanol–water partition coefficient (Wildman–Crippen LogP) is 5.60. The van der Waals surface area contributed by atoms with Gasteiger partial charge in [-0.25, -0.2) is 0 Å². The molecule has 0 amide bonds. The number of hydrogen-bond donors (Lipinski definition) is 1. The second-order valence-electron chi connectivity index (χ2n) is 8.84. The number of carbonyl (C=O) groups excluding carboxylic acids is 2. The zero-order valence-corrected chi connectivity index (χ0v) is 23.3. The molecule has 0 bridgehead atoms. The number of hydrogen-bond acceptors (Lipinski definition) is 8. The first-order valence-electron chi connectivity index (χ1n) is 11.9. The highest BCUT2D eigenvalue weighted by Crippen LogP contribution is 2.34. The van der Waals surface area contributed by atoms with E-state index in [0.29, 0.717) is 12.8 Å². The molecule has 11 heteroatoms. The van der Waals surface area contributed by atoms with Gasteiger partial charge in [0.1, 0.15) is 6.10 Å². The van der Waals surface area contributed by atoms with Gasteiger partial charge in [-0.15, -0.1) is 0 Å². The Morgan fingerprint density at radius 3 is 1.97 bits per heavy atom. The molecule has 2 rings (SSSR count). The molecule has 1 unspecified atom stereocenters. The van der Waals surface area contributed by atoms with Gasteiger partial charge >= 0.3 is 11.9 Å². The number of ether oxygens (including phenoxy) is 5. The van der Waals surface area contributed by atoms with Crippen LogP contribution in [-0.2, 0) is 39.9 Å². The summed E-state index contributed by atoms with van der Waals surface area (Å²) in [4.78, 5) is 25.5. The number of carbonyl (C=O) groups is 2. The van der Waals surface area contributed by atoms with E-state index in [-0.39, 0.29) is 12.5 Å². The van der Waals surface area contributed by atoms with Gasteiger partial charge in [-0.1, -0.05) is 92.8 Å². The zero-order valence-electron chi connectivity index (χ0n) is 21.0. The SMILES string of the molecule is CC[C@H](C)C(=O)O[C@@H]1[C@@H](OCc2ccccc2)[C@@H](OC(=O)[C@@H](C)CC)C(OC(=N)C(Cl)(Cl)Cl)O[C@H]1C. The van der Waals surface area contributed by atoms with Crippen molar-refractivity contribution in [2.45, 2.75) is 88.6 Å². The van der Waals surface area contributed by atoms with Crippen molar-refractivity contribution in [3.63, 3.8) is 0 Å². The van der Waals surface area contributed by atoms with Crippen LogP contribution in [0.15, 0.2) is 30.3 Å². The fourth-order valence-corrected chi connectivity index (χ4v) is 3.46. The summed E-state index contributed by atoms with van der Waals surface area (Å²) in [6.07, 6.45) is -4.17. The maximum absolute atomic E-state index is 12.8. The predicted molar refractivity (Wildman–Crippen MR) is 137 cm³/mol. The second kappa shape index (κ2) is 13.8. The Bertz CT molecular complexity index is 880. The maximum atomic E-state index is 12.8. The second-order valence-corrected chi connectivity index (χ2v) is 11.1. The van der Waals surface area contributed by atoms with E-state index in [1.54, 1.807) is 20.8 Å². The Morgan fingerprint density at radius 2 is 1.47 bits per heavy atom. The van der Waals surface area contributed by atoms with Crippen LogP contribution in [0.3, 0.4) is 0 Å². The third-order valence-electron chi connectivity index (χ3n) is 6.04. The largest absolute Gasteiger partial charge is 0.456 e. The summed E-state index contributed by atoms with van der Waals surface area (Å²) in [6.45, 7) is 8.98. The summed E-state index contributed by atoms with van der Waals surface area (Å²) in [5.41, 5.74) is 0.849. The number of esters is 2. The summed E-state index contributed by atoms with van der Waals surface area (Å²) in [5.74, 6) is -2.49. The average Bonchev–Trinajstić information content (AvgIpc) is 2.84. The lowest BCUT2D eigenvalue weighted by Crippen LogP contribution is -2.61. The van der Waals surface area contributed by atoms with Crippen LogP contribution in [0.4, 0.5) is 0 Å². The molecule has 1 aliphatic heterocycles. The zero-order chi connectivity index (χ0) is 27.0. The topological polar surface area (TPSA) is 104 Å². The summed E-state index contributed by atoms with van der Waals surface area (Å²) in [5, 5.41) is 8.02. The first kappa shape index (κ1) is 30.6. The molecule has 1 aromatic carbocycles. The lowest BCUT2D eigenvalue weighted by Gasteiger charge is -2.44. The lowest BCUT2D eigenvalue weighted by atomic mass is 9.98. The molecule has 1 N–H and O–H groups in total. The Morgan fingerprint density at radius 1 is 0.944 bits per heavy atom. The minimum Gasteiger partial charge on any atom is -0.456 e. The molecule has 1 aliphatic rings. The minimum absolute atomic E-state index is 0.127. The van der Waals surface area contributed by atoms with Gasteiger partial charge in [0.2, 0.25) is 12.2 Å². The van der Waals surface area contributed by atoms with Crippen molar-refractivity contribution in [1.82, 2.24) is 0 Å². The van der Waals surface area contributed by atoms with Gasteiger partial charge in [0.25, 0.3) is 3.79 Å². The van der Waals surface area contributed by atoms with Crippen LogP contribution in [0.5, 0.6) is 0 Å². The van der Waals surface area contributed by atoms with Crippen LogP contribution in [0, 0.1) is 17.2 Å². The third-order valence-corrected chi connectivity index (χ3v) is 6.55. The highest BCUT2D eigenvalue weighted by molar-refractivity contribution is 6.76. The van der Waals surface area contributed by atoms with Crippen LogP contribution >= 0.6 is 34.8 Å². The van der Waals surface area contributed by atoms with E-state index in [2.05, 4.69) is 0 Å². The van der Waals surface area contributed by atoms with Crippen molar-refractivity contribution in [2.75, 3.05) is 0 Å². The van der Waals surface area contributed by atoms with Crippen molar-refractivity contribution in [2.24, 2.45) is 11.8 Å². The smallest absolute Gasteiger partial charge is 0.309 e. The van der Waals surface area contributed by atoms with Crippen molar-refractivity contribution in [3.8, 4) is 0 Å². The molecule has 0 radical (unpaired) electrons. The fraction of sp³-hybridized carbons (Fsp3) is 0.640. The van der Waals surface area contributed by atoms with Gasteiger partial charge < -0.3 is 23.7 Å². The first-order chi connectivity index (χ1) is 16.9. The van der Waals surface area contributed by atoms with Crippen LogP contribution in [0.1, 0.15) is 53.0 Å². The van der Waals surface area contributed by atoms with E-state index < -0.39 is 58.3 Å². The summed E-state index contributed by atoms with van der Waals surface area (Å²) >= 11 is 17.4. The van der Waals surface area contributed by atoms with Crippen LogP contribution in [0.2, 0.25) is 0 Å². The van der Waals surface area contributed by atoms with Crippen LogP contribution in [-0.4, -0.2) is 52.3 Å². The van der Waals surface area contributed by atoms with E-state index in [0.717, 1.165) is 5.56 Å². The van der Waals surface area contributed by atoms with Crippen LogP contribution < -0.4 is 0 Å². The molecule has 0 aliphatic carbocycles. The van der Waals surface area contributed by atoms with Crippen molar-refractivity contribution >= 4 is 52.6 Å². The maximum Gasteiger partial charge on any atom is 0.309 e. The number of halogens is 3. The molecule has 1 heterocycles. The number of alkyl halides is 3. The van der Waals surface area contributed by atoms with E-state index in [4.69, 9.17) is 63.9 Å². The molecule has 1 fully saturated rings. The third kappa shape index (κ3) is 8.48. The Hall–Kier alpha value is -1.58. The number of nitrogens with one attached hydrogen (secondary N) is 1. The number of benzene rings is 1. The van der Waals surface area contributed by atoms with Gasteiger partial charge in [-0.2, -0.15) is 0 Å². The minimum atomic E-state index is -2.17. The molecule has 202 valence electrons. The molecule has 1 aromatic rings. The van der Waals surface area contributed by atoms with E-state index in [1.807, 2.05) is 44.2 Å². The highest BCUT2D eigenvalue weighted by Gasteiger charge is 2.52. The van der Waals surface area contributed by atoms with E-state index >= 15 is 0 Å². The molecule has 36 heavy (non-hydrogen) atoms. The molecule has 7 atom stereocenters. The Kier molecular flexibility index (Phi) is 11.8. The average molecular weight is 567 g/mol. The summed E-state index contributed by atoms with van der Waals surface area (Å²) in [7, 11) is 0. The van der Waals surface area contributed by atoms with Gasteiger partial charge in [0, 0.05) is 0 Å². The van der Waals surface area contributed by atoms with Crippen molar-refractivity contribution in [3.05, 3.63) is 35.9 Å². The van der Waals surface area contributed by atoms with Gasteiger partial charge in [0.05, 0.1) is 24.5 Å². The standard InChI is InChI=1S/C25H34Cl3NO7/c1-6-14(3)21(30)34-18-16(5)33-23(36-24(29)25(26,27)28)20(35-22(31)15(4)7-2)19(18)32-13-17-11-9-8-10-12-17/h8-12,14-16,18-20,23,29H,6-7,13H2,1-5H3/t14-,15-,16-,18-,19+,20+,23?/m0/s1. The van der Waals surface area contributed by atoms with Crippen molar-refractivity contribution < 1.29 is 33.3 Å². The molecule has 1 saturated heterocycles. The number of rotatable bonds is 10. The first-order valence-corrected chi connectivity index (χ1v) is 13.1. The van der Waals surface area contributed by atoms with Gasteiger partial charge in [-0.3, -0.25) is 15.0 Å². The summed E-state index contributed by atoms with van der Waals surface area (Å²) < 4.78 is 27.1. The molecule has 0 spiro atoms. The van der Waals surface area contributed by atoms with E-state index in [9.17, 15) is 9.59 Å². The normalized spacial score (nSPS) is 25.9. The summed E-state index contributed by atoms with van der Waals surface area (Å²) in [6, 6.07) is 9.34. The van der Waals surface area contributed by atoms with Gasteiger partial charge in [-0.05, 0) is 25.3 Å². The molecular weight excluding hydrogens is 533 g/mol. The molecule has 8 nitrogen and oxygen atoms in total. The van der Waals surface area contributed by atoms with Gasteiger partial charge in [0.15, 0.2) is 12.2 Å². The Balaban J connectivity index is 2.44. The fourth-order valence-electron chi connectivity index (χ4n) is 3.33. The molecule has 0 aromatic heterocycles. The van der Waals surface area contributed by atoms with Crippen molar-refractivity contribution in [1.29, 1.82) is 5.41 Å². The van der Waals surface area contributed by atoms with E-state index in [1.165, 1.54) is 0 Å². The lowest BCUT2D eigenvalue weighted by molar-refractivity contribution is -0.292.